The van der Waals surface area contributed by atoms with Gasteiger partial charge >= 0.3 is 5.97 Å². The minimum Gasteiger partial charge on any atom is -0.507 e. The van der Waals surface area contributed by atoms with Crippen molar-refractivity contribution < 1.29 is 14.6 Å². The summed E-state index contributed by atoms with van der Waals surface area (Å²) in [6, 6.07) is 6.84. The molecule has 5 heteroatoms. The highest BCUT2D eigenvalue weighted by molar-refractivity contribution is 6.31. The van der Waals surface area contributed by atoms with E-state index in [0.717, 1.165) is 6.54 Å². The SMILES string of the molecule is O=C1OC2(CCNC2)C(O)=C1c1cccc(Cl)c1. The quantitative estimate of drug-likeness (QED) is 0.762. The molecule has 2 aliphatic rings. The Morgan fingerprint density at radius 3 is 2.94 bits per heavy atom. The number of hydrogen-bond donors (Lipinski definition) is 2. The van der Waals surface area contributed by atoms with Crippen molar-refractivity contribution >= 4 is 23.1 Å². The number of carbonyl (C=O) groups is 1. The van der Waals surface area contributed by atoms with Crippen molar-refractivity contribution in [1.82, 2.24) is 5.32 Å². The van der Waals surface area contributed by atoms with Crippen LogP contribution in [0, 0.1) is 0 Å². The summed E-state index contributed by atoms with van der Waals surface area (Å²) in [4.78, 5) is 11.9. The maximum atomic E-state index is 11.9. The minimum absolute atomic E-state index is 0.0137. The van der Waals surface area contributed by atoms with Gasteiger partial charge in [-0.25, -0.2) is 4.79 Å². The predicted octanol–water partition coefficient (Wildman–Crippen LogP) is 1.90. The maximum absolute atomic E-state index is 11.9. The highest BCUT2D eigenvalue weighted by Crippen LogP contribution is 2.40. The number of benzene rings is 1. The van der Waals surface area contributed by atoms with Gasteiger partial charge in [0.25, 0.3) is 0 Å². The first-order chi connectivity index (χ1) is 8.62. The van der Waals surface area contributed by atoms with Gasteiger partial charge in [0.2, 0.25) is 0 Å². The number of halogens is 1. The van der Waals surface area contributed by atoms with E-state index in [1.165, 1.54) is 0 Å². The Bertz CT molecular complexity index is 547. The molecule has 2 aliphatic heterocycles. The highest BCUT2D eigenvalue weighted by Gasteiger charge is 2.50. The molecule has 1 spiro atoms. The lowest BCUT2D eigenvalue weighted by Crippen LogP contribution is -2.34. The van der Waals surface area contributed by atoms with E-state index in [4.69, 9.17) is 16.3 Å². The van der Waals surface area contributed by atoms with Gasteiger partial charge in [0.15, 0.2) is 11.4 Å². The maximum Gasteiger partial charge on any atom is 0.343 e. The molecule has 0 aromatic heterocycles. The van der Waals surface area contributed by atoms with E-state index < -0.39 is 11.6 Å². The van der Waals surface area contributed by atoms with Crippen LogP contribution in [0.5, 0.6) is 0 Å². The number of rotatable bonds is 1. The number of esters is 1. The van der Waals surface area contributed by atoms with Gasteiger partial charge < -0.3 is 15.2 Å². The second-order valence-electron chi connectivity index (χ2n) is 4.54. The van der Waals surface area contributed by atoms with Gasteiger partial charge in [0.1, 0.15) is 5.57 Å². The summed E-state index contributed by atoms with van der Waals surface area (Å²) in [6.07, 6.45) is 0.592. The molecule has 1 atom stereocenters. The predicted molar refractivity (Wildman–Crippen MR) is 67.3 cm³/mol. The number of aliphatic hydroxyl groups is 1. The number of hydrogen-bond acceptors (Lipinski definition) is 4. The van der Waals surface area contributed by atoms with Gasteiger partial charge in [0, 0.05) is 18.0 Å². The standard InChI is InChI=1S/C13H12ClNO3/c14-9-3-1-2-8(6-9)10-11(16)13(18-12(10)17)4-5-15-7-13/h1-3,6,15-16H,4-5,7H2. The molecule has 0 saturated carbocycles. The first-order valence-electron chi connectivity index (χ1n) is 5.76. The van der Waals surface area contributed by atoms with Gasteiger partial charge in [-0.3, -0.25) is 0 Å². The van der Waals surface area contributed by atoms with E-state index in [1.807, 2.05) is 0 Å². The summed E-state index contributed by atoms with van der Waals surface area (Å²) in [5.74, 6) is -0.474. The third kappa shape index (κ3) is 1.61. The van der Waals surface area contributed by atoms with E-state index in [9.17, 15) is 9.90 Å². The second kappa shape index (κ2) is 4.00. The summed E-state index contributed by atoms with van der Waals surface area (Å²) in [5, 5.41) is 13.9. The van der Waals surface area contributed by atoms with Crippen LogP contribution in [-0.4, -0.2) is 29.8 Å². The first kappa shape index (κ1) is 11.6. The van der Waals surface area contributed by atoms with Crippen LogP contribution < -0.4 is 5.32 Å². The molecule has 2 heterocycles. The van der Waals surface area contributed by atoms with E-state index in [0.29, 0.717) is 23.6 Å². The molecule has 1 aromatic carbocycles. The molecule has 0 radical (unpaired) electrons. The molecule has 1 unspecified atom stereocenters. The van der Waals surface area contributed by atoms with Crippen molar-refractivity contribution in [2.45, 2.75) is 12.0 Å². The topological polar surface area (TPSA) is 58.6 Å². The van der Waals surface area contributed by atoms with E-state index in [2.05, 4.69) is 5.32 Å². The van der Waals surface area contributed by atoms with Crippen LogP contribution in [0.25, 0.3) is 5.57 Å². The van der Waals surface area contributed by atoms with Crippen LogP contribution in [0.1, 0.15) is 12.0 Å². The molecule has 1 fully saturated rings. The Labute approximate surface area is 109 Å². The van der Waals surface area contributed by atoms with Gasteiger partial charge in [0.05, 0.1) is 0 Å². The van der Waals surface area contributed by atoms with E-state index >= 15 is 0 Å². The summed E-state index contributed by atoms with van der Waals surface area (Å²) in [6.45, 7) is 1.18. The lowest BCUT2D eigenvalue weighted by Gasteiger charge is -2.20. The number of ether oxygens (including phenoxy) is 1. The van der Waals surface area contributed by atoms with Crippen LogP contribution in [0.3, 0.4) is 0 Å². The van der Waals surface area contributed by atoms with Gasteiger partial charge in [-0.05, 0) is 24.2 Å². The summed E-state index contributed by atoms with van der Waals surface area (Å²) in [5.41, 5.74) is -0.0654. The molecular weight excluding hydrogens is 254 g/mol. The largest absolute Gasteiger partial charge is 0.507 e. The fourth-order valence-corrected chi connectivity index (χ4v) is 2.65. The molecule has 0 amide bonds. The van der Waals surface area contributed by atoms with Gasteiger partial charge in [-0.1, -0.05) is 23.7 Å². The van der Waals surface area contributed by atoms with Crippen molar-refractivity contribution in [1.29, 1.82) is 0 Å². The van der Waals surface area contributed by atoms with Crippen molar-refractivity contribution in [3.8, 4) is 0 Å². The molecule has 1 saturated heterocycles. The second-order valence-corrected chi connectivity index (χ2v) is 4.98. The monoisotopic (exact) mass is 265 g/mol. The summed E-state index contributed by atoms with van der Waals surface area (Å²) < 4.78 is 5.36. The van der Waals surface area contributed by atoms with Gasteiger partial charge in [-0.15, -0.1) is 0 Å². The molecule has 2 N–H and O–H groups in total. The number of aliphatic hydroxyl groups excluding tert-OH is 1. The number of carbonyl (C=O) groups excluding carboxylic acids is 1. The third-order valence-corrected chi connectivity index (χ3v) is 3.63. The Kier molecular flexibility index (Phi) is 2.57. The number of nitrogens with one attached hydrogen (secondary N) is 1. The molecule has 3 rings (SSSR count). The van der Waals surface area contributed by atoms with Crippen molar-refractivity contribution in [3.05, 3.63) is 40.6 Å². The third-order valence-electron chi connectivity index (χ3n) is 3.39. The van der Waals surface area contributed by atoms with Crippen LogP contribution in [0.4, 0.5) is 0 Å². The normalized spacial score (nSPS) is 27.1. The van der Waals surface area contributed by atoms with Crippen molar-refractivity contribution in [3.63, 3.8) is 0 Å². The molecule has 0 aliphatic carbocycles. The summed E-state index contributed by atoms with van der Waals surface area (Å²) >= 11 is 5.90. The zero-order valence-electron chi connectivity index (χ0n) is 9.57. The van der Waals surface area contributed by atoms with Gasteiger partial charge in [-0.2, -0.15) is 0 Å². The lowest BCUT2D eigenvalue weighted by molar-refractivity contribution is -0.145. The van der Waals surface area contributed by atoms with E-state index in [-0.39, 0.29) is 11.3 Å². The summed E-state index contributed by atoms with van der Waals surface area (Å²) in [7, 11) is 0. The van der Waals surface area contributed by atoms with Crippen LogP contribution >= 0.6 is 11.6 Å². The molecular formula is C13H12ClNO3. The smallest absolute Gasteiger partial charge is 0.343 e. The molecule has 18 heavy (non-hydrogen) atoms. The Hall–Kier alpha value is -1.52. The zero-order valence-corrected chi connectivity index (χ0v) is 10.3. The fourth-order valence-electron chi connectivity index (χ4n) is 2.46. The Morgan fingerprint density at radius 2 is 2.28 bits per heavy atom. The molecule has 4 nitrogen and oxygen atoms in total. The highest BCUT2D eigenvalue weighted by atomic mass is 35.5. The van der Waals surface area contributed by atoms with Crippen molar-refractivity contribution in [2.75, 3.05) is 13.1 Å². The lowest BCUT2D eigenvalue weighted by atomic mass is 9.96. The van der Waals surface area contributed by atoms with E-state index in [1.54, 1.807) is 24.3 Å². The molecule has 94 valence electrons. The molecule has 1 aromatic rings. The fraction of sp³-hybridized carbons (Fsp3) is 0.308. The Balaban J connectivity index is 2.10. The van der Waals surface area contributed by atoms with Crippen LogP contribution in [0.2, 0.25) is 5.02 Å². The molecule has 0 bridgehead atoms. The average molecular weight is 266 g/mol. The van der Waals surface area contributed by atoms with Crippen molar-refractivity contribution in [2.24, 2.45) is 0 Å². The first-order valence-corrected chi connectivity index (χ1v) is 6.14. The zero-order chi connectivity index (χ0) is 12.8. The Morgan fingerprint density at radius 1 is 1.44 bits per heavy atom. The minimum atomic E-state index is -0.880. The average Bonchev–Trinajstić information content (AvgIpc) is 2.87. The van der Waals surface area contributed by atoms with Crippen LogP contribution in [0.15, 0.2) is 30.0 Å². The van der Waals surface area contributed by atoms with Crippen LogP contribution in [-0.2, 0) is 9.53 Å².